The van der Waals surface area contributed by atoms with Crippen LogP contribution >= 0.6 is 7.82 Å². The first-order valence-corrected chi connectivity index (χ1v) is 25.1. The molecule has 0 saturated carbocycles. The molecule has 352 valence electrons. The van der Waals surface area contributed by atoms with Gasteiger partial charge in [0.05, 0.1) is 27.7 Å². The lowest BCUT2D eigenvalue weighted by atomic mass is 10.1. The molecule has 0 aliphatic carbocycles. The zero-order valence-corrected chi connectivity index (χ0v) is 40.4. The lowest BCUT2D eigenvalue weighted by Crippen LogP contribution is -2.37. The summed E-state index contributed by atoms with van der Waals surface area (Å²) >= 11 is 0. The molecule has 0 aromatic rings. The maximum absolute atomic E-state index is 12.7. The molecule has 0 radical (unpaired) electrons. The van der Waals surface area contributed by atoms with Gasteiger partial charge in [-0.15, -0.1) is 0 Å². The van der Waals surface area contributed by atoms with E-state index in [1.54, 1.807) is 0 Å². The third-order valence-corrected chi connectivity index (χ3v) is 10.3. The second-order valence-corrected chi connectivity index (χ2v) is 17.9. The first-order valence-electron chi connectivity index (χ1n) is 23.6. The Balaban J connectivity index is 4.49. The highest BCUT2D eigenvalue weighted by Crippen LogP contribution is 2.43. The van der Waals surface area contributed by atoms with Gasteiger partial charge in [0.15, 0.2) is 6.10 Å². The van der Waals surface area contributed by atoms with Crippen molar-refractivity contribution in [1.82, 2.24) is 0 Å². The molecule has 0 saturated heterocycles. The molecular weight excluding hydrogens is 798 g/mol. The van der Waals surface area contributed by atoms with E-state index in [1.165, 1.54) is 25.7 Å². The van der Waals surface area contributed by atoms with Crippen molar-refractivity contribution in [1.29, 1.82) is 0 Å². The smallest absolute Gasteiger partial charge is 0.462 e. The highest BCUT2D eigenvalue weighted by atomic mass is 31.2. The number of likely N-dealkylation sites (N-methyl/N-ethyl adjacent to an activating group) is 1. The topological polar surface area (TPSA) is 108 Å². The molecule has 0 aromatic heterocycles. The minimum atomic E-state index is -4.41. The lowest BCUT2D eigenvalue weighted by molar-refractivity contribution is -0.870. The first kappa shape index (κ1) is 58.7. The van der Waals surface area contributed by atoms with Crippen LogP contribution in [0.3, 0.4) is 0 Å². The average molecular weight is 885 g/mol. The number of carbonyl (C=O) groups is 2. The van der Waals surface area contributed by atoms with Gasteiger partial charge in [-0.1, -0.05) is 162 Å². The molecule has 0 aliphatic rings. The molecule has 0 amide bonds. The number of hydrogen-bond acceptors (Lipinski definition) is 7. The van der Waals surface area contributed by atoms with E-state index < -0.39 is 32.5 Å². The van der Waals surface area contributed by atoms with E-state index in [0.717, 1.165) is 89.9 Å². The third-order valence-electron chi connectivity index (χ3n) is 9.30. The van der Waals surface area contributed by atoms with Crippen molar-refractivity contribution in [3.05, 3.63) is 109 Å². The standard InChI is InChI=1S/C52H86NO8P/c1-6-8-10-12-14-16-18-20-22-24-26-28-30-32-34-36-38-40-42-44-51(54)58-48-50(49-60-62(56,57)59-47-46-53(3,4)5)61-52(55)45-43-41-39-37-35-33-31-29-27-25-23-21-19-17-15-13-11-9-7-2/h9,11,14-17,20-23,26-29,33,35,39,41,50H,6-8,10,12-13,18-19,24-25,30-32,34,36-38,40,42-49H2,1-5H3/p+1/b11-9-,16-14-,17-15-,22-20-,23-21-,28-26-,29-27-,35-33-,41-39-. The second kappa shape index (κ2) is 42.9. The fraction of sp³-hybridized carbons (Fsp3) is 0.615. The number of unbranched alkanes of at least 4 members (excludes halogenated alkanes) is 9. The Morgan fingerprint density at radius 3 is 1.44 bits per heavy atom. The molecule has 0 fully saturated rings. The number of hydrogen-bond donors (Lipinski definition) is 1. The van der Waals surface area contributed by atoms with Crippen molar-refractivity contribution in [3.63, 3.8) is 0 Å². The summed E-state index contributed by atoms with van der Waals surface area (Å²) in [5, 5.41) is 0. The van der Waals surface area contributed by atoms with Gasteiger partial charge >= 0.3 is 19.8 Å². The SMILES string of the molecule is CC/C=C\C/C=C\C/C=C\C/C=C\C/C=C\C/C=C\CCC(=O)OC(COC(=O)CCCCCCCC/C=C\C/C=C\C/C=C\CCCCC)COP(=O)(O)OCC[N+](C)(C)C. The van der Waals surface area contributed by atoms with Crippen LogP contribution in [-0.2, 0) is 32.7 Å². The minimum Gasteiger partial charge on any atom is -0.462 e. The van der Waals surface area contributed by atoms with Gasteiger partial charge in [-0.25, -0.2) is 4.57 Å². The van der Waals surface area contributed by atoms with E-state index in [0.29, 0.717) is 23.9 Å². The predicted octanol–water partition coefficient (Wildman–Crippen LogP) is 13.9. The molecule has 0 spiro atoms. The lowest BCUT2D eigenvalue weighted by Gasteiger charge is -2.24. The van der Waals surface area contributed by atoms with Crippen molar-refractivity contribution in [3.8, 4) is 0 Å². The van der Waals surface area contributed by atoms with Gasteiger partial charge in [-0.2, -0.15) is 0 Å². The molecule has 10 heteroatoms. The number of nitrogens with zero attached hydrogens (tertiary/aromatic N) is 1. The van der Waals surface area contributed by atoms with Crippen LogP contribution in [0.4, 0.5) is 0 Å². The highest BCUT2D eigenvalue weighted by Gasteiger charge is 2.27. The van der Waals surface area contributed by atoms with Crippen molar-refractivity contribution >= 4 is 19.8 Å². The molecule has 0 bridgehead atoms. The molecule has 0 heterocycles. The monoisotopic (exact) mass is 885 g/mol. The van der Waals surface area contributed by atoms with Crippen LogP contribution in [0.15, 0.2) is 109 Å². The maximum atomic E-state index is 12.7. The molecular formula is C52H87NO8P+. The molecule has 2 unspecified atom stereocenters. The molecule has 2 atom stereocenters. The minimum absolute atomic E-state index is 0.00922. The number of quaternary nitrogens is 1. The summed E-state index contributed by atoms with van der Waals surface area (Å²) in [6, 6.07) is 0. The Bertz CT molecular complexity index is 1420. The summed E-state index contributed by atoms with van der Waals surface area (Å²) < 4.78 is 34.3. The van der Waals surface area contributed by atoms with Gasteiger partial charge in [-0.05, 0) is 89.9 Å². The van der Waals surface area contributed by atoms with Gasteiger partial charge in [0, 0.05) is 12.8 Å². The van der Waals surface area contributed by atoms with E-state index in [9.17, 15) is 19.0 Å². The van der Waals surface area contributed by atoms with Gasteiger partial charge in [0.25, 0.3) is 0 Å². The van der Waals surface area contributed by atoms with Crippen molar-refractivity contribution < 1.29 is 42.1 Å². The number of allylic oxidation sites excluding steroid dienone is 18. The van der Waals surface area contributed by atoms with Crippen LogP contribution in [0, 0.1) is 0 Å². The van der Waals surface area contributed by atoms with Crippen molar-refractivity contribution in [2.24, 2.45) is 0 Å². The van der Waals surface area contributed by atoms with Gasteiger partial charge in [0.2, 0.25) is 0 Å². The summed E-state index contributed by atoms with van der Waals surface area (Å²) in [5.41, 5.74) is 0. The predicted molar refractivity (Wildman–Crippen MR) is 261 cm³/mol. The van der Waals surface area contributed by atoms with Crippen molar-refractivity contribution in [2.75, 3.05) is 47.5 Å². The van der Waals surface area contributed by atoms with Crippen LogP contribution in [0.5, 0.6) is 0 Å². The Morgan fingerprint density at radius 2 is 0.952 bits per heavy atom. The maximum Gasteiger partial charge on any atom is 0.472 e. The fourth-order valence-electron chi connectivity index (χ4n) is 5.63. The zero-order valence-electron chi connectivity index (χ0n) is 39.6. The Morgan fingerprint density at radius 1 is 0.516 bits per heavy atom. The summed E-state index contributed by atoms with van der Waals surface area (Å²) in [7, 11) is 1.40. The number of phosphoric ester groups is 1. The van der Waals surface area contributed by atoms with Crippen LogP contribution in [-0.4, -0.2) is 74.9 Å². The number of carbonyl (C=O) groups excluding carboxylic acids is 2. The summed E-state index contributed by atoms with van der Waals surface area (Å²) in [6.07, 6.45) is 58.7. The Labute approximate surface area is 378 Å². The number of phosphoric acid groups is 1. The molecule has 0 aromatic carbocycles. The van der Waals surface area contributed by atoms with Crippen LogP contribution in [0.1, 0.15) is 155 Å². The summed E-state index contributed by atoms with van der Waals surface area (Å²) in [6.45, 7) is 4.15. The summed E-state index contributed by atoms with van der Waals surface area (Å²) in [5.74, 6) is -0.922. The Kier molecular flexibility index (Phi) is 40.6. The van der Waals surface area contributed by atoms with Crippen LogP contribution in [0.25, 0.3) is 0 Å². The zero-order chi connectivity index (χ0) is 45.7. The molecule has 0 aliphatic heterocycles. The quantitative estimate of drug-likeness (QED) is 0.0213. The second-order valence-electron chi connectivity index (χ2n) is 16.4. The largest absolute Gasteiger partial charge is 0.472 e. The molecule has 1 N–H and O–H groups in total. The van der Waals surface area contributed by atoms with E-state index >= 15 is 0 Å². The number of esters is 2. The number of ether oxygens (including phenoxy) is 2. The molecule has 9 nitrogen and oxygen atoms in total. The van der Waals surface area contributed by atoms with E-state index in [2.05, 4.69) is 111 Å². The highest BCUT2D eigenvalue weighted by molar-refractivity contribution is 7.47. The fourth-order valence-corrected chi connectivity index (χ4v) is 6.37. The first-order chi connectivity index (χ1) is 30.0. The summed E-state index contributed by atoms with van der Waals surface area (Å²) in [4.78, 5) is 35.4. The third kappa shape index (κ3) is 46.2. The van der Waals surface area contributed by atoms with Crippen LogP contribution in [0.2, 0.25) is 0 Å². The number of rotatable bonds is 41. The van der Waals surface area contributed by atoms with Gasteiger partial charge in [0.1, 0.15) is 19.8 Å². The van der Waals surface area contributed by atoms with E-state index in [4.69, 9.17) is 18.5 Å². The van der Waals surface area contributed by atoms with Gasteiger partial charge in [-0.3, -0.25) is 18.6 Å². The molecule has 62 heavy (non-hydrogen) atoms. The average Bonchev–Trinajstić information content (AvgIpc) is 3.23. The van der Waals surface area contributed by atoms with Crippen LogP contribution < -0.4 is 0 Å². The van der Waals surface area contributed by atoms with Crippen molar-refractivity contribution in [2.45, 2.75) is 161 Å². The molecule has 0 rings (SSSR count). The van der Waals surface area contributed by atoms with E-state index in [1.807, 2.05) is 33.3 Å². The normalized spacial score (nSPS) is 14.5. The Hall–Kier alpha value is -3.33. The van der Waals surface area contributed by atoms with E-state index in [-0.39, 0.29) is 26.1 Å². The van der Waals surface area contributed by atoms with Gasteiger partial charge < -0.3 is 18.9 Å².